The zero-order valence-corrected chi connectivity index (χ0v) is 15.4. The maximum atomic E-state index is 6.17. The molecule has 1 heterocycles. The highest BCUT2D eigenvalue weighted by Crippen LogP contribution is 2.36. The molecule has 0 amide bonds. The Morgan fingerprint density at radius 2 is 1.70 bits per heavy atom. The van der Waals surface area contributed by atoms with Gasteiger partial charge in [0.05, 0.1) is 4.47 Å². The highest BCUT2D eigenvalue weighted by Gasteiger charge is 2.24. The molecule has 0 atom stereocenters. The van der Waals surface area contributed by atoms with Crippen LogP contribution in [-0.4, -0.2) is 19.2 Å². The average Bonchev–Trinajstić information content (AvgIpc) is 2.58. The number of nitrogens with one attached hydrogen (secondary N) is 1. The summed E-state index contributed by atoms with van der Waals surface area (Å²) in [6.07, 6.45) is 2.47. The standard InChI is InChI=1S/C20H24BrNO/c1-20(2,15-6-4-3-5-7-15)16-8-9-19(18(21)14-16)23-17-10-12-22-13-11-17/h3-9,14,17,22H,10-13H2,1-2H3. The van der Waals surface area contributed by atoms with Crippen LogP contribution in [0.2, 0.25) is 0 Å². The second-order valence-corrected chi connectivity index (χ2v) is 7.56. The van der Waals surface area contributed by atoms with Gasteiger partial charge in [-0.3, -0.25) is 0 Å². The van der Waals surface area contributed by atoms with Gasteiger partial charge >= 0.3 is 0 Å². The molecule has 3 heteroatoms. The van der Waals surface area contributed by atoms with E-state index in [9.17, 15) is 0 Å². The normalized spacial score (nSPS) is 16.3. The van der Waals surface area contributed by atoms with E-state index in [1.807, 2.05) is 0 Å². The molecule has 0 aromatic heterocycles. The van der Waals surface area contributed by atoms with Crippen molar-refractivity contribution < 1.29 is 4.74 Å². The molecule has 0 unspecified atom stereocenters. The quantitative estimate of drug-likeness (QED) is 0.822. The van der Waals surface area contributed by atoms with E-state index >= 15 is 0 Å². The summed E-state index contributed by atoms with van der Waals surface area (Å²) in [5, 5.41) is 3.37. The molecule has 0 radical (unpaired) electrons. The lowest BCUT2D eigenvalue weighted by Gasteiger charge is -2.28. The number of halogens is 1. The zero-order chi connectivity index (χ0) is 16.3. The summed E-state index contributed by atoms with van der Waals surface area (Å²) in [6.45, 7) is 6.61. The Morgan fingerprint density at radius 1 is 1.00 bits per heavy atom. The minimum atomic E-state index is -0.0307. The third kappa shape index (κ3) is 3.78. The van der Waals surface area contributed by atoms with Crippen LogP contribution in [0, 0.1) is 0 Å². The number of rotatable bonds is 4. The first-order valence-electron chi connectivity index (χ1n) is 8.30. The van der Waals surface area contributed by atoms with Gasteiger partial charge in [0.2, 0.25) is 0 Å². The molecule has 1 fully saturated rings. The smallest absolute Gasteiger partial charge is 0.133 e. The Morgan fingerprint density at radius 3 is 2.35 bits per heavy atom. The molecular weight excluding hydrogens is 350 g/mol. The van der Waals surface area contributed by atoms with E-state index in [-0.39, 0.29) is 5.41 Å². The minimum Gasteiger partial charge on any atom is -0.489 e. The Kier molecular flexibility index (Phi) is 5.08. The van der Waals surface area contributed by atoms with Crippen molar-refractivity contribution in [1.82, 2.24) is 5.32 Å². The summed E-state index contributed by atoms with van der Waals surface area (Å²) < 4.78 is 7.21. The lowest BCUT2D eigenvalue weighted by atomic mass is 9.78. The molecule has 0 spiro atoms. The SMILES string of the molecule is CC(C)(c1ccccc1)c1ccc(OC2CCNCC2)c(Br)c1. The van der Waals surface area contributed by atoms with Crippen molar-refractivity contribution in [1.29, 1.82) is 0 Å². The fraction of sp³-hybridized carbons (Fsp3) is 0.400. The van der Waals surface area contributed by atoms with Gasteiger partial charge in [-0.2, -0.15) is 0 Å². The van der Waals surface area contributed by atoms with Gasteiger partial charge in [0.25, 0.3) is 0 Å². The lowest BCUT2D eigenvalue weighted by Crippen LogP contribution is -2.34. The van der Waals surface area contributed by atoms with E-state index in [1.54, 1.807) is 0 Å². The summed E-state index contributed by atoms with van der Waals surface area (Å²) in [5.74, 6) is 0.949. The fourth-order valence-corrected chi connectivity index (χ4v) is 3.57. The van der Waals surface area contributed by atoms with Gasteiger partial charge in [0.1, 0.15) is 11.9 Å². The van der Waals surface area contributed by atoms with E-state index in [2.05, 4.69) is 83.6 Å². The van der Waals surface area contributed by atoms with Crippen molar-refractivity contribution >= 4 is 15.9 Å². The molecule has 2 aromatic rings. The molecule has 0 saturated carbocycles. The molecule has 23 heavy (non-hydrogen) atoms. The van der Waals surface area contributed by atoms with Gasteiger partial charge in [-0.15, -0.1) is 0 Å². The van der Waals surface area contributed by atoms with Crippen LogP contribution in [0.5, 0.6) is 5.75 Å². The Labute approximate surface area is 147 Å². The number of ether oxygens (including phenoxy) is 1. The topological polar surface area (TPSA) is 21.3 Å². The van der Waals surface area contributed by atoms with Gasteiger partial charge in [-0.1, -0.05) is 50.2 Å². The second-order valence-electron chi connectivity index (χ2n) is 6.70. The second kappa shape index (κ2) is 7.06. The van der Waals surface area contributed by atoms with Gasteiger partial charge < -0.3 is 10.1 Å². The molecule has 3 rings (SSSR count). The van der Waals surface area contributed by atoms with Gasteiger partial charge in [0.15, 0.2) is 0 Å². The molecule has 0 bridgehead atoms. The van der Waals surface area contributed by atoms with Crippen LogP contribution < -0.4 is 10.1 Å². The van der Waals surface area contributed by atoms with Crippen LogP contribution >= 0.6 is 15.9 Å². The molecule has 1 aliphatic heterocycles. The van der Waals surface area contributed by atoms with E-state index in [0.29, 0.717) is 6.10 Å². The maximum Gasteiger partial charge on any atom is 0.133 e. The molecule has 2 aromatic carbocycles. The number of benzene rings is 2. The molecular formula is C20H24BrNO. The molecule has 2 nitrogen and oxygen atoms in total. The predicted octanol–water partition coefficient (Wildman–Crippen LogP) is 4.91. The summed E-state index contributed by atoms with van der Waals surface area (Å²) >= 11 is 3.70. The molecule has 122 valence electrons. The van der Waals surface area contributed by atoms with Gasteiger partial charge in [-0.25, -0.2) is 0 Å². The van der Waals surface area contributed by atoms with Crippen LogP contribution in [0.3, 0.4) is 0 Å². The Balaban J connectivity index is 1.81. The average molecular weight is 374 g/mol. The first-order valence-corrected chi connectivity index (χ1v) is 9.09. The Bertz CT molecular complexity index is 648. The Hall–Kier alpha value is -1.32. The van der Waals surface area contributed by atoms with Crippen molar-refractivity contribution in [2.75, 3.05) is 13.1 Å². The number of piperidine rings is 1. The van der Waals surface area contributed by atoms with Gasteiger partial charge in [0, 0.05) is 5.41 Å². The zero-order valence-electron chi connectivity index (χ0n) is 13.8. The van der Waals surface area contributed by atoms with E-state index < -0.39 is 0 Å². The molecule has 1 N–H and O–H groups in total. The summed E-state index contributed by atoms with van der Waals surface area (Å²) in [5.41, 5.74) is 2.57. The first kappa shape index (κ1) is 16.5. The minimum absolute atomic E-state index is 0.0307. The summed E-state index contributed by atoms with van der Waals surface area (Å²) in [6, 6.07) is 17.1. The fourth-order valence-electron chi connectivity index (χ4n) is 3.10. The van der Waals surface area contributed by atoms with E-state index in [1.165, 1.54) is 11.1 Å². The molecule has 1 saturated heterocycles. The van der Waals surface area contributed by atoms with Crippen LogP contribution in [0.4, 0.5) is 0 Å². The predicted molar refractivity (Wildman–Crippen MR) is 99.2 cm³/mol. The molecule has 0 aliphatic carbocycles. The van der Waals surface area contributed by atoms with Crippen molar-refractivity contribution in [2.24, 2.45) is 0 Å². The molecule has 1 aliphatic rings. The van der Waals surface area contributed by atoms with Crippen molar-refractivity contribution in [3.05, 3.63) is 64.1 Å². The number of hydrogen-bond donors (Lipinski definition) is 1. The van der Waals surface area contributed by atoms with Crippen LogP contribution in [-0.2, 0) is 5.41 Å². The third-order valence-corrected chi connectivity index (χ3v) is 5.35. The van der Waals surface area contributed by atoms with Crippen LogP contribution in [0.15, 0.2) is 53.0 Å². The highest BCUT2D eigenvalue weighted by molar-refractivity contribution is 9.10. The summed E-state index contributed by atoms with van der Waals surface area (Å²) in [7, 11) is 0. The van der Waals surface area contributed by atoms with Crippen molar-refractivity contribution in [3.63, 3.8) is 0 Å². The van der Waals surface area contributed by atoms with E-state index in [4.69, 9.17) is 4.74 Å². The first-order chi connectivity index (χ1) is 11.1. The maximum absolute atomic E-state index is 6.17. The van der Waals surface area contributed by atoms with Crippen LogP contribution in [0.1, 0.15) is 37.8 Å². The van der Waals surface area contributed by atoms with Crippen molar-refractivity contribution in [2.45, 2.75) is 38.2 Å². The van der Waals surface area contributed by atoms with E-state index in [0.717, 1.165) is 36.2 Å². The van der Waals surface area contributed by atoms with Gasteiger partial charge in [-0.05, 0) is 65.1 Å². The summed E-state index contributed by atoms with van der Waals surface area (Å²) in [4.78, 5) is 0. The highest BCUT2D eigenvalue weighted by atomic mass is 79.9. The van der Waals surface area contributed by atoms with Crippen molar-refractivity contribution in [3.8, 4) is 5.75 Å². The van der Waals surface area contributed by atoms with Crippen LogP contribution in [0.25, 0.3) is 0 Å². The third-order valence-electron chi connectivity index (χ3n) is 4.73. The monoisotopic (exact) mass is 373 g/mol. The number of hydrogen-bond acceptors (Lipinski definition) is 2. The lowest BCUT2D eigenvalue weighted by molar-refractivity contribution is 0.161. The largest absolute Gasteiger partial charge is 0.489 e.